The minimum atomic E-state index is -0.758. The molecule has 0 aliphatic rings. The van der Waals surface area contributed by atoms with Crippen LogP contribution in [0.25, 0.3) is 10.8 Å². The highest BCUT2D eigenvalue weighted by atomic mass is 127. The van der Waals surface area contributed by atoms with E-state index in [-0.39, 0.29) is 5.91 Å². The highest BCUT2D eigenvalue weighted by molar-refractivity contribution is 14.1. The van der Waals surface area contributed by atoms with Crippen LogP contribution in [0.3, 0.4) is 0 Å². The first kappa shape index (κ1) is 17.4. The Balaban J connectivity index is 1.83. The summed E-state index contributed by atoms with van der Waals surface area (Å²) in [5, 5.41) is 4.60. The molecule has 126 valence electrons. The summed E-state index contributed by atoms with van der Waals surface area (Å²) >= 11 is 2.22. The van der Waals surface area contributed by atoms with E-state index >= 15 is 0 Å². The van der Waals surface area contributed by atoms with Gasteiger partial charge < -0.3 is 11.1 Å². The smallest absolute Gasteiger partial charge is 0.252 e. The summed E-state index contributed by atoms with van der Waals surface area (Å²) in [6.45, 7) is 0. The zero-order chi connectivity index (χ0) is 17.8. The van der Waals surface area contributed by atoms with Gasteiger partial charge in [-0.1, -0.05) is 48.5 Å². The summed E-state index contributed by atoms with van der Waals surface area (Å²) in [7, 11) is 0. The van der Waals surface area contributed by atoms with Crippen molar-refractivity contribution in [2.75, 3.05) is 0 Å². The van der Waals surface area contributed by atoms with Crippen molar-refractivity contribution in [2.45, 2.75) is 12.5 Å². The van der Waals surface area contributed by atoms with Gasteiger partial charge in [-0.15, -0.1) is 0 Å². The van der Waals surface area contributed by atoms with Crippen LogP contribution in [0.2, 0.25) is 0 Å². The van der Waals surface area contributed by atoms with Gasteiger partial charge in [0.1, 0.15) is 6.04 Å². The molecule has 1 atom stereocenters. The fraction of sp³-hybridized carbons (Fsp3) is 0.100. The lowest BCUT2D eigenvalue weighted by Crippen LogP contribution is -2.45. The van der Waals surface area contributed by atoms with Crippen LogP contribution in [-0.2, 0) is 11.2 Å². The lowest BCUT2D eigenvalue weighted by Gasteiger charge is -2.16. The molecule has 0 bridgehead atoms. The number of fused-ring (bicyclic) bond motifs is 1. The first-order chi connectivity index (χ1) is 12.0. The second kappa shape index (κ2) is 7.65. The SMILES string of the molecule is NC(=O)[C@H](Cc1ccc(I)cc1)NC(=O)c1cccc2ccccc12. The molecule has 3 aromatic carbocycles. The summed E-state index contributed by atoms with van der Waals surface area (Å²) in [6, 6.07) is 20.2. The number of rotatable bonds is 5. The Morgan fingerprint density at radius 2 is 1.64 bits per heavy atom. The van der Waals surface area contributed by atoms with Crippen LogP contribution in [0.5, 0.6) is 0 Å². The summed E-state index contributed by atoms with van der Waals surface area (Å²) in [6.07, 6.45) is 0.364. The number of halogens is 1. The predicted molar refractivity (Wildman–Crippen MR) is 107 cm³/mol. The van der Waals surface area contributed by atoms with Crippen molar-refractivity contribution in [2.24, 2.45) is 5.73 Å². The fourth-order valence-electron chi connectivity index (χ4n) is 2.74. The lowest BCUT2D eigenvalue weighted by atomic mass is 10.0. The van der Waals surface area contributed by atoms with E-state index in [0.717, 1.165) is 19.9 Å². The van der Waals surface area contributed by atoms with Crippen molar-refractivity contribution < 1.29 is 9.59 Å². The van der Waals surface area contributed by atoms with Gasteiger partial charge in [0.2, 0.25) is 5.91 Å². The molecule has 3 aromatic rings. The summed E-state index contributed by atoms with van der Waals surface area (Å²) in [4.78, 5) is 24.5. The van der Waals surface area contributed by atoms with Gasteiger partial charge in [0.15, 0.2) is 0 Å². The van der Waals surface area contributed by atoms with Gasteiger partial charge in [-0.25, -0.2) is 0 Å². The second-order valence-corrected chi connectivity index (χ2v) is 7.03. The Bertz CT molecular complexity index is 917. The molecule has 3 N–H and O–H groups in total. The third-order valence-corrected chi connectivity index (χ3v) is 4.76. The maximum Gasteiger partial charge on any atom is 0.252 e. The van der Waals surface area contributed by atoms with Crippen LogP contribution in [0.15, 0.2) is 66.7 Å². The molecule has 2 amide bonds. The van der Waals surface area contributed by atoms with Crippen molar-refractivity contribution in [1.29, 1.82) is 0 Å². The molecule has 0 spiro atoms. The van der Waals surface area contributed by atoms with Crippen LogP contribution >= 0.6 is 22.6 Å². The van der Waals surface area contributed by atoms with Gasteiger partial charge in [0.25, 0.3) is 5.91 Å². The second-order valence-electron chi connectivity index (χ2n) is 5.79. The molecule has 5 heteroatoms. The molecule has 25 heavy (non-hydrogen) atoms. The fourth-order valence-corrected chi connectivity index (χ4v) is 3.10. The number of primary amides is 1. The number of nitrogens with two attached hydrogens (primary N) is 1. The number of benzene rings is 3. The number of hydrogen-bond donors (Lipinski definition) is 2. The van der Waals surface area contributed by atoms with E-state index in [4.69, 9.17) is 5.73 Å². The molecule has 0 radical (unpaired) electrons. The molecule has 0 aromatic heterocycles. The van der Waals surface area contributed by atoms with Gasteiger partial charge in [-0.3, -0.25) is 9.59 Å². The Morgan fingerprint density at radius 1 is 0.960 bits per heavy atom. The molecule has 0 saturated carbocycles. The molecule has 0 heterocycles. The van der Waals surface area contributed by atoms with Crippen LogP contribution in [0.1, 0.15) is 15.9 Å². The molecule has 0 saturated heterocycles. The first-order valence-corrected chi connectivity index (χ1v) is 8.95. The van der Waals surface area contributed by atoms with Crippen molar-refractivity contribution >= 4 is 45.2 Å². The first-order valence-electron chi connectivity index (χ1n) is 7.87. The zero-order valence-corrected chi connectivity index (χ0v) is 15.6. The van der Waals surface area contributed by atoms with Crippen molar-refractivity contribution in [3.8, 4) is 0 Å². The molecule has 0 fully saturated rings. The quantitative estimate of drug-likeness (QED) is 0.593. The maximum absolute atomic E-state index is 12.7. The van der Waals surface area contributed by atoms with Crippen molar-refractivity contribution in [1.82, 2.24) is 5.32 Å². The maximum atomic E-state index is 12.7. The van der Waals surface area contributed by atoms with Gasteiger partial charge in [-0.2, -0.15) is 0 Å². The number of nitrogens with one attached hydrogen (secondary N) is 1. The van der Waals surface area contributed by atoms with Gasteiger partial charge in [-0.05, 0) is 57.1 Å². The van der Waals surface area contributed by atoms with E-state index in [1.54, 1.807) is 6.07 Å². The average Bonchev–Trinajstić information content (AvgIpc) is 2.62. The summed E-state index contributed by atoms with van der Waals surface area (Å²) in [5.41, 5.74) is 6.98. The minimum Gasteiger partial charge on any atom is -0.368 e. The lowest BCUT2D eigenvalue weighted by molar-refractivity contribution is -0.119. The standard InChI is InChI=1S/C20H17IN2O2/c21-15-10-8-13(9-11-15)12-18(19(22)24)23-20(25)17-7-3-5-14-4-1-2-6-16(14)17/h1-11,18H,12H2,(H2,22,24)(H,23,25)/t18-/m0/s1. The molecule has 4 nitrogen and oxygen atoms in total. The Labute approximate surface area is 159 Å². The Morgan fingerprint density at radius 3 is 2.36 bits per heavy atom. The third-order valence-electron chi connectivity index (χ3n) is 4.04. The number of amides is 2. The molecule has 0 unspecified atom stereocenters. The van der Waals surface area contributed by atoms with E-state index in [0.29, 0.717) is 12.0 Å². The third kappa shape index (κ3) is 4.17. The number of carbonyl (C=O) groups excluding carboxylic acids is 2. The van der Waals surface area contributed by atoms with E-state index in [1.807, 2.05) is 60.7 Å². The van der Waals surface area contributed by atoms with E-state index in [1.165, 1.54) is 0 Å². The highest BCUT2D eigenvalue weighted by Gasteiger charge is 2.20. The molecule has 0 aliphatic heterocycles. The van der Waals surface area contributed by atoms with Crippen molar-refractivity contribution in [3.63, 3.8) is 0 Å². The largest absolute Gasteiger partial charge is 0.368 e. The van der Waals surface area contributed by atoms with Gasteiger partial charge in [0, 0.05) is 15.6 Å². The monoisotopic (exact) mass is 444 g/mol. The van der Waals surface area contributed by atoms with Crippen LogP contribution in [0.4, 0.5) is 0 Å². The highest BCUT2D eigenvalue weighted by Crippen LogP contribution is 2.18. The minimum absolute atomic E-state index is 0.300. The molecule has 0 aliphatic carbocycles. The topological polar surface area (TPSA) is 72.2 Å². The van der Waals surface area contributed by atoms with Crippen LogP contribution < -0.4 is 11.1 Å². The van der Waals surface area contributed by atoms with E-state index < -0.39 is 11.9 Å². The van der Waals surface area contributed by atoms with Gasteiger partial charge >= 0.3 is 0 Å². The Kier molecular flexibility index (Phi) is 5.33. The normalized spacial score (nSPS) is 11.9. The predicted octanol–water partition coefficient (Wildman–Crippen LogP) is 3.27. The van der Waals surface area contributed by atoms with E-state index in [9.17, 15) is 9.59 Å². The molecule has 3 rings (SSSR count). The number of hydrogen-bond acceptors (Lipinski definition) is 2. The molecular formula is C20H17IN2O2. The Hall–Kier alpha value is -2.41. The molecular weight excluding hydrogens is 427 g/mol. The summed E-state index contributed by atoms with van der Waals surface area (Å²) < 4.78 is 1.11. The van der Waals surface area contributed by atoms with Crippen molar-refractivity contribution in [3.05, 3.63) is 81.4 Å². The zero-order valence-electron chi connectivity index (χ0n) is 13.4. The van der Waals surface area contributed by atoms with E-state index in [2.05, 4.69) is 27.9 Å². The average molecular weight is 444 g/mol. The number of carbonyl (C=O) groups is 2. The van der Waals surface area contributed by atoms with Crippen LogP contribution in [0, 0.1) is 3.57 Å². The van der Waals surface area contributed by atoms with Crippen LogP contribution in [-0.4, -0.2) is 17.9 Å². The van der Waals surface area contributed by atoms with Gasteiger partial charge in [0.05, 0.1) is 0 Å². The summed E-state index contributed by atoms with van der Waals surface area (Å²) in [5.74, 6) is -0.849.